The van der Waals surface area contributed by atoms with E-state index in [0.717, 1.165) is 5.92 Å². The molecule has 1 unspecified atom stereocenters. The van der Waals surface area contributed by atoms with Crippen LogP contribution in [0.2, 0.25) is 5.02 Å². The maximum atomic E-state index is 13.6. The molecule has 0 spiro atoms. The van der Waals surface area contributed by atoms with Crippen molar-refractivity contribution in [2.75, 3.05) is 0 Å². The monoisotopic (exact) mass is 241 g/mol. The summed E-state index contributed by atoms with van der Waals surface area (Å²) in [6, 6.07) is 5.59. The summed E-state index contributed by atoms with van der Waals surface area (Å²) >= 11 is 5.72. The van der Waals surface area contributed by atoms with Crippen molar-refractivity contribution >= 4 is 11.6 Å². The first-order valence-electron chi connectivity index (χ1n) is 5.83. The van der Waals surface area contributed by atoms with Gasteiger partial charge in [-0.1, -0.05) is 36.6 Å². The predicted octanol–water partition coefficient (Wildman–Crippen LogP) is 3.76. The van der Waals surface area contributed by atoms with Gasteiger partial charge in [0, 0.05) is 18.2 Å². The second kappa shape index (κ2) is 5.15. The summed E-state index contributed by atoms with van der Waals surface area (Å²) in [4.78, 5) is 0. The topological polar surface area (TPSA) is 12.0 Å². The molecule has 0 bridgehead atoms. The molecule has 1 aliphatic rings. The Morgan fingerprint density at radius 1 is 1.50 bits per heavy atom. The van der Waals surface area contributed by atoms with E-state index in [1.807, 2.05) is 0 Å². The van der Waals surface area contributed by atoms with E-state index in [0.29, 0.717) is 18.2 Å². The van der Waals surface area contributed by atoms with E-state index < -0.39 is 0 Å². The number of hydrogen-bond acceptors (Lipinski definition) is 1. The third-order valence-corrected chi connectivity index (χ3v) is 3.35. The Morgan fingerprint density at radius 3 is 2.94 bits per heavy atom. The van der Waals surface area contributed by atoms with Crippen LogP contribution < -0.4 is 5.32 Å². The Kier molecular flexibility index (Phi) is 3.82. The predicted molar refractivity (Wildman–Crippen MR) is 65.1 cm³/mol. The highest BCUT2D eigenvalue weighted by molar-refractivity contribution is 6.30. The smallest absolute Gasteiger partial charge is 0.146 e. The van der Waals surface area contributed by atoms with Crippen LogP contribution in [-0.4, -0.2) is 6.04 Å². The van der Waals surface area contributed by atoms with Gasteiger partial charge in [-0.3, -0.25) is 0 Å². The van der Waals surface area contributed by atoms with Crippen molar-refractivity contribution in [2.45, 2.75) is 38.8 Å². The third-order valence-electron chi connectivity index (χ3n) is 3.06. The first kappa shape index (κ1) is 11.9. The van der Waals surface area contributed by atoms with Gasteiger partial charge in [-0.25, -0.2) is 4.39 Å². The zero-order chi connectivity index (χ0) is 11.5. The van der Waals surface area contributed by atoms with Gasteiger partial charge >= 0.3 is 0 Å². The largest absolute Gasteiger partial charge is 0.310 e. The van der Waals surface area contributed by atoms with Crippen LogP contribution in [0.15, 0.2) is 18.2 Å². The Hall–Kier alpha value is -0.600. The molecule has 0 saturated heterocycles. The molecule has 1 aromatic carbocycles. The Bertz CT molecular complexity index is 363. The summed E-state index contributed by atoms with van der Waals surface area (Å²) in [5.74, 6) is 0.599. The van der Waals surface area contributed by atoms with E-state index in [1.54, 1.807) is 18.2 Å². The van der Waals surface area contributed by atoms with Crippen molar-refractivity contribution in [3.8, 4) is 0 Å². The highest BCUT2D eigenvalue weighted by Crippen LogP contribution is 2.33. The number of benzene rings is 1. The molecule has 0 aliphatic heterocycles. The quantitative estimate of drug-likeness (QED) is 0.828. The number of halogens is 2. The van der Waals surface area contributed by atoms with Crippen LogP contribution in [-0.2, 0) is 6.54 Å². The van der Waals surface area contributed by atoms with Gasteiger partial charge in [-0.2, -0.15) is 0 Å². The lowest BCUT2D eigenvalue weighted by Crippen LogP contribution is -2.26. The fourth-order valence-corrected chi connectivity index (χ4v) is 2.10. The molecule has 16 heavy (non-hydrogen) atoms. The maximum Gasteiger partial charge on any atom is 0.146 e. The molecule has 1 aromatic rings. The van der Waals surface area contributed by atoms with E-state index in [2.05, 4.69) is 12.2 Å². The molecule has 1 fully saturated rings. The second-order valence-electron chi connectivity index (χ2n) is 4.67. The highest BCUT2D eigenvalue weighted by atomic mass is 35.5. The zero-order valence-electron chi connectivity index (χ0n) is 9.47. The van der Waals surface area contributed by atoms with E-state index in [1.165, 1.54) is 19.3 Å². The maximum absolute atomic E-state index is 13.6. The SMILES string of the molecule is CC(CC1CC1)NCc1cccc(Cl)c1F. The summed E-state index contributed by atoms with van der Waals surface area (Å²) in [7, 11) is 0. The van der Waals surface area contributed by atoms with Gasteiger partial charge < -0.3 is 5.32 Å². The van der Waals surface area contributed by atoms with Gasteiger partial charge in [0.05, 0.1) is 5.02 Å². The molecule has 0 radical (unpaired) electrons. The van der Waals surface area contributed by atoms with Gasteiger partial charge in [0.1, 0.15) is 5.82 Å². The molecular weight excluding hydrogens is 225 g/mol. The van der Waals surface area contributed by atoms with Crippen molar-refractivity contribution < 1.29 is 4.39 Å². The van der Waals surface area contributed by atoms with E-state index in [9.17, 15) is 4.39 Å². The Balaban J connectivity index is 1.85. The van der Waals surface area contributed by atoms with Crippen molar-refractivity contribution in [1.82, 2.24) is 5.32 Å². The molecule has 2 rings (SSSR count). The molecule has 1 nitrogen and oxygen atoms in total. The van der Waals surface area contributed by atoms with Gasteiger partial charge in [-0.15, -0.1) is 0 Å². The summed E-state index contributed by atoms with van der Waals surface area (Å²) in [5.41, 5.74) is 0.648. The van der Waals surface area contributed by atoms with Crippen molar-refractivity contribution in [2.24, 2.45) is 5.92 Å². The molecule has 3 heteroatoms. The number of nitrogens with one attached hydrogen (secondary N) is 1. The molecule has 1 atom stereocenters. The van der Waals surface area contributed by atoms with Crippen LogP contribution in [0.5, 0.6) is 0 Å². The fourth-order valence-electron chi connectivity index (χ4n) is 1.91. The number of rotatable bonds is 5. The van der Waals surface area contributed by atoms with Crippen molar-refractivity contribution in [1.29, 1.82) is 0 Å². The lowest BCUT2D eigenvalue weighted by Gasteiger charge is -2.13. The first-order valence-corrected chi connectivity index (χ1v) is 6.21. The van der Waals surface area contributed by atoms with E-state index in [-0.39, 0.29) is 10.8 Å². The molecule has 0 heterocycles. The average molecular weight is 242 g/mol. The van der Waals surface area contributed by atoms with Crippen LogP contribution in [0.4, 0.5) is 4.39 Å². The van der Waals surface area contributed by atoms with E-state index >= 15 is 0 Å². The molecule has 1 N–H and O–H groups in total. The van der Waals surface area contributed by atoms with Crippen LogP contribution >= 0.6 is 11.6 Å². The minimum atomic E-state index is -0.296. The Morgan fingerprint density at radius 2 is 2.25 bits per heavy atom. The van der Waals surface area contributed by atoms with Gasteiger partial charge in [0.25, 0.3) is 0 Å². The van der Waals surface area contributed by atoms with Crippen LogP contribution in [0.3, 0.4) is 0 Å². The van der Waals surface area contributed by atoms with Crippen molar-refractivity contribution in [3.05, 3.63) is 34.6 Å². The molecule has 0 amide bonds. The Labute approximate surface area is 101 Å². The summed E-state index contributed by atoms with van der Waals surface area (Å²) in [5, 5.41) is 3.54. The fraction of sp³-hybridized carbons (Fsp3) is 0.538. The molecule has 0 aromatic heterocycles. The van der Waals surface area contributed by atoms with Gasteiger partial charge in [0.2, 0.25) is 0 Å². The third kappa shape index (κ3) is 3.19. The van der Waals surface area contributed by atoms with Crippen LogP contribution in [0.1, 0.15) is 31.7 Å². The first-order chi connectivity index (χ1) is 7.66. The lowest BCUT2D eigenvalue weighted by atomic mass is 10.1. The minimum Gasteiger partial charge on any atom is -0.310 e. The van der Waals surface area contributed by atoms with Gasteiger partial charge in [-0.05, 0) is 25.3 Å². The van der Waals surface area contributed by atoms with Crippen LogP contribution in [0, 0.1) is 11.7 Å². The molecule has 1 aliphatic carbocycles. The summed E-state index contributed by atoms with van der Waals surface area (Å²) in [6.07, 6.45) is 3.91. The average Bonchev–Trinajstić information content (AvgIpc) is 3.04. The second-order valence-corrected chi connectivity index (χ2v) is 5.08. The van der Waals surface area contributed by atoms with Crippen molar-refractivity contribution in [3.63, 3.8) is 0 Å². The molecular formula is C13H17ClFN. The summed E-state index contributed by atoms with van der Waals surface area (Å²) in [6.45, 7) is 2.71. The normalized spacial score (nSPS) is 17.4. The zero-order valence-corrected chi connectivity index (χ0v) is 10.2. The van der Waals surface area contributed by atoms with Crippen LogP contribution in [0.25, 0.3) is 0 Å². The summed E-state index contributed by atoms with van der Waals surface area (Å²) < 4.78 is 13.6. The molecule has 88 valence electrons. The highest BCUT2D eigenvalue weighted by Gasteiger charge is 2.23. The molecule has 1 saturated carbocycles. The minimum absolute atomic E-state index is 0.203. The van der Waals surface area contributed by atoms with Gasteiger partial charge in [0.15, 0.2) is 0 Å². The standard InChI is InChI=1S/C13H17ClFN/c1-9(7-10-5-6-10)16-8-11-3-2-4-12(14)13(11)15/h2-4,9-10,16H,5-8H2,1H3. The number of hydrogen-bond donors (Lipinski definition) is 1. The van der Waals surface area contributed by atoms with E-state index in [4.69, 9.17) is 11.6 Å². The lowest BCUT2D eigenvalue weighted by molar-refractivity contribution is 0.479.